The van der Waals surface area contributed by atoms with Crippen LogP contribution in [0.1, 0.15) is 26.2 Å². The molecule has 1 fully saturated rings. The molecule has 1 aliphatic heterocycles. The van der Waals surface area contributed by atoms with Gasteiger partial charge in [-0.2, -0.15) is 4.37 Å². The number of nitrogen functional groups attached to an aromatic ring is 1. The van der Waals surface area contributed by atoms with Crippen molar-refractivity contribution in [1.82, 2.24) is 4.37 Å². The minimum Gasteiger partial charge on any atom is -0.382 e. The first kappa shape index (κ1) is 12.6. The molecular weight excluding hydrogens is 258 g/mol. The molecule has 0 aliphatic carbocycles. The third-order valence-corrected chi connectivity index (χ3v) is 5.83. The van der Waals surface area contributed by atoms with Gasteiger partial charge in [-0.25, -0.2) is 8.42 Å². The summed E-state index contributed by atoms with van der Waals surface area (Å²) < 4.78 is 28.0. The van der Waals surface area contributed by atoms with Crippen LogP contribution in [0.2, 0.25) is 0 Å². The highest BCUT2D eigenvalue weighted by Gasteiger charge is 2.27. The molecule has 7 heteroatoms. The summed E-state index contributed by atoms with van der Waals surface area (Å²) in [6.07, 6.45) is 3.41. The fourth-order valence-electron chi connectivity index (χ4n) is 2.02. The average Bonchev–Trinajstić information content (AvgIpc) is 2.73. The Morgan fingerprint density at radius 1 is 1.35 bits per heavy atom. The van der Waals surface area contributed by atoms with E-state index < -0.39 is 9.84 Å². The van der Waals surface area contributed by atoms with Gasteiger partial charge in [0.1, 0.15) is 9.90 Å². The van der Waals surface area contributed by atoms with Crippen LogP contribution in [0.15, 0.2) is 4.90 Å². The molecule has 17 heavy (non-hydrogen) atoms. The molecule has 1 saturated heterocycles. The van der Waals surface area contributed by atoms with Crippen molar-refractivity contribution in [3.05, 3.63) is 0 Å². The van der Waals surface area contributed by atoms with Crippen LogP contribution in [0.5, 0.6) is 0 Å². The Kier molecular flexibility index (Phi) is 3.58. The highest BCUT2D eigenvalue weighted by Crippen LogP contribution is 2.36. The summed E-state index contributed by atoms with van der Waals surface area (Å²) in [6, 6.07) is 0. The Balaban J connectivity index is 2.41. The van der Waals surface area contributed by atoms with Crippen molar-refractivity contribution in [2.45, 2.75) is 31.1 Å². The van der Waals surface area contributed by atoms with Gasteiger partial charge < -0.3 is 10.6 Å². The molecule has 2 rings (SSSR count). The second-order valence-corrected chi connectivity index (χ2v) is 7.12. The molecule has 1 aromatic heterocycles. The van der Waals surface area contributed by atoms with E-state index in [1.54, 1.807) is 6.92 Å². The normalized spacial score (nSPS) is 17.4. The van der Waals surface area contributed by atoms with Crippen molar-refractivity contribution in [2.75, 3.05) is 29.5 Å². The van der Waals surface area contributed by atoms with E-state index in [9.17, 15) is 8.42 Å². The quantitative estimate of drug-likeness (QED) is 0.905. The number of nitrogens with zero attached hydrogens (tertiary/aromatic N) is 2. The van der Waals surface area contributed by atoms with E-state index >= 15 is 0 Å². The van der Waals surface area contributed by atoms with Gasteiger partial charge in [0.25, 0.3) is 0 Å². The zero-order chi connectivity index (χ0) is 12.5. The molecule has 1 aliphatic rings. The number of rotatable bonds is 3. The molecule has 2 heterocycles. The van der Waals surface area contributed by atoms with Crippen molar-refractivity contribution in [3.63, 3.8) is 0 Å². The van der Waals surface area contributed by atoms with Gasteiger partial charge >= 0.3 is 0 Å². The lowest BCUT2D eigenvalue weighted by molar-refractivity contribution is 0.574. The van der Waals surface area contributed by atoms with Crippen LogP contribution in [-0.2, 0) is 9.84 Å². The van der Waals surface area contributed by atoms with Crippen LogP contribution in [0, 0.1) is 0 Å². The Hall–Kier alpha value is -0.820. The molecular formula is C10H17N3O2S2. The molecule has 0 radical (unpaired) electrons. The summed E-state index contributed by atoms with van der Waals surface area (Å²) in [7, 11) is -3.28. The van der Waals surface area contributed by atoms with Gasteiger partial charge in [0.15, 0.2) is 15.7 Å². The van der Waals surface area contributed by atoms with Crippen LogP contribution in [-0.4, -0.2) is 31.6 Å². The van der Waals surface area contributed by atoms with Gasteiger partial charge in [-0.1, -0.05) is 6.92 Å². The zero-order valence-corrected chi connectivity index (χ0v) is 11.5. The van der Waals surface area contributed by atoms with Gasteiger partial charge in [-0.3, -0.25) is 0 Å². The third-order valence-electron chi connectivity index (χ3n) is 2.99. The maximum Gasteiger partial charge on any atom is 0.184 e. The molecule has 0 amide bonds. The van der Waals surface area contributed by atoms with Gasteiger partial charge in [0.2, 0.25) is 0 Å². The highest BCUT2D eigenvalue weighted by atomic mass is 32.2. The molecule has 1 aromatic rings. The summed E-state index contributed by atoms with van der Waals surface area (Å²) in [5.41, 5.74) is 5.70. The van der Waals surface area contributed by atoms with E-state index in [1.807, 2.05) is 0 Å². The van der Waals surface area contributed by atoms with Crippen LogP contribution in [0.4, 0.5) is 10.8 Å². The largest absolute Gasteiger partial charge is 0.382 e. The summed E-state index contributed by atoms with van der Waals surface area (Å²) in [5.74, 6) is 0.216. The Morgan fingerprint density at radius 2 is 2.00 bits per heavy atom. The Labute approximate surface area is 106 Å². The van der Waals surface area contributed by atoms with Gasteiger partial charge in [-0.05, 0) is 30.8 Å². The Bertz CT molecular complexity index is 490. The maximum absolute atomic E-state index is 12.0. The second kappa shape index (κ2) is 4.81. The number of piperidine rings is 1. The fourth-order valence-corrected chi connectivity index (χ4v) is 4.38. The van der Waals surface area contributed by atoms with E-state index in [1.165, 1.54) is 18.0 Å². The van der Waals surface area contributed by atoms with E-state index in [-0.39, 0.29) is 16.5 Å². The average molecular weight is 275 g/mol. The van der Waals surface area contributed by atoms with Crippen LogP contribution < -0.4 is 10.6 Å². The smallest absolute Gasteiger partial charge is 0.184 e. The molecule has 0 atom stereocenters. The van der Waals surface area contributed by atoms with E-state index in [0.29, 0.717) is 0 Å². The minimum atomic E-state index is -3.28. The maximum atomic E-state index is 12.0. The van der Waals surface area contributed by atoms with Gasteiger partial charge in [-0.15, -0.1) is 0 Å². The first-order valence-corrected chi connectivity index (χ1v) is 8.21. The topological polar surface area (TPSA) is 76.3 Å². The summed E-state index contributed by atoms with van der Waals surface area (Å²) >= 11 is 1.20. The molecule has 0 spiro atoms. The highest BCUT2D eigenvalue weighted by molar-refractivity contribution is 7.91. The van der Waals surface area contributed by atoms with E-state index in [2.05, 4.69) is 9.27 Å². The van der Waals surface area contributed by atoms with E-state index in [0.717, 1.165) is 30.9 Å². The standard InChI is InChI=1S/C10H17N3O2S2/c1-2-17(14,15)8-9(11)12-16-10(8)13-6-4-3-5-7-13/h2-7H2,1H3,(H2,11,12). The minimum absolute atomic E-state index is 0.0659. The van der Waals surface area contributed by atoms with Crippen molar-refractivity contribution >= 4 is 32.2 Å². The SMILES string of the molecule is CCS(=O)(=O)c1c(N)nsc1N1CCCCC1. The van der Waals surface area contributed by atoms with Crippen molar-refractivity contribution in [2.24, 2.45) is 0 Å². The zero-order valence-electron chi connectivity index (χ0n) is 9.85. The molecule has 96 valence electrons. The lowest BCUT2D eigenvalue weighted by Crippen LogP contribution is -2.30. The Morgan fingerprint density at radius 3 is 2.59 bits per heavy atom. The number of hydrogen-bond donors (Lipinski definition) is 1. The first-order chi connectivity index (χ1) is 8.06. The number of sulfone groups is 1. The first-order valence-electron chi connectivity index (χ1n) is 5.79. The number of hydrogen-bond acceptors (Lipinski definition) is 6. The summed E-state index contributed by atoms with van der Waals surface area (Å²) in [4.78, 5) is 2.34. The molecule has 0 aromatic carbocycles. The summed E-state index contributed by atoms with van der Waals surface area (Å²) in [5, 5.41) is 0.726. The number of anilines is 2. The monoisotopic (exact) mass is 275 g/mol. The summed E-state index contributed by atoms with van der Waals surface area (Å²) in [6.45, 7) is 3.42. The lowest BCUT2D eigenvalue weighted by Gasteiger charge is -2.27. The fraction of sp³-hybridized carbons (Fsp3) is 0.700. The van der Waals surface area contributed by atoms with E-state index in [4.69, 9.17) is 5.73 Å². The van der Waals surface area contributed by atoms with Crippen LogP contribution in [0.25, 0.3) is 0 Å². The number of nitrogens with two attached hydrogens (primary N) is 1. The second-order valence-electron chi connectivity index (χ2n) is 4.15. The third kappa shape index (κ3) is 2.40. The lowest BCUT2D eigenvalue weighted by atomic mass is 10.1. The predicted molar refractivity (Wildman–Crippen MR) is 70.3 cm³/mol. The van der Waals surface area contributed by atoms with Gasteiger partial charge in [0, 0.05) is 13.1 Å². The molecule has 2 N–H and O–H groups in total. The molecule has 0 saturated carbocycles. The molecule has 0 bridgehead atoms. The van der Waals surface area contributed by atoms with Crippen molar-refractivity contribution in [3.8, 4) is 0 Å². The predicted octanol–water partition coefficient (Wildman–Crippen LogP) is 1.51. The van der Waals surface area contributed by atoms with Crippen LogP contribution >= 0.6 is 11.5 Å². The van der Waals surface area contributed by atoms with Crippen molar-refractivity contribution in [1.29, 1.82) is 0 Å². The van der Waals surface area contributed by atoms with Gasteiger partial charge in [0.05, 0.1) is 5.75 Å². The molecule has 0 unspecified atom stereocenters. The van der Waals surface area contributed by atoms with Crippen LogP contribution in [0.3, 0.4) is 0 Å². The molecule has 5 nitrogen and oxygen atoms in total. The number of aromatic nitrogens is 1. The van der Waals surface area contributed by atoms with Crippen molar-refractivity contribution < 1.29 is 8.42 Å².